The maximum Gasteiger partial charge on any atom is 0.286 e. The van der Waals surface area contributed by atoms with Crippen LogP contribution in [-0.4, -0.2) is 30.3 Å². The molecule has 0 radical (unpaired) electrons. The van der Waals surface area contributed by atoms with Gasteiger partial charge in [-0.25, -0.2) is 4.39 Å². The first-order valence-corrected chi connectivity index (χ1v) is 7.36. The van der Waals surface area contributed by atoms with Crippen molar-refractivity contribution in [3.05, 3.63) is 59.8 Å². The van der Waals surface area contributed by atoms with Gasteiger partial charge in [0.05, 0.1) is 6.26 Å². The molecule has 0 atom stereocenters. The van der Waals surface area contributed by atoms with Crippen LogP contribution in [0.5, 0.6) is 0 Å². The number of furan rings is 1. The van der Waals surface area contributed by atoms with Crippen molar-refractivity contribution in [1.29, 1.82) is 0 Å². The van der Waals surface area contributed by atoms with Crippen LogP contribution in [0, 0.1) is 5.82 Å². The second-order valence-electron chi connectivity index (χ2n) is 5.21. The number of nitrogens with one attached hydrogen (secondary N) is 1. The van der Waals surface area contributed by atoms with Crippen LogP contribution in [0.15, 0.2) is 47.1 Å². The average Bonchev–Trinajstić information content (AvgIpc) is 3.07. The second-order valence-corrected chi connectivity index (χ2v) is 5.21. The summed E-state index contributed by atoms with van der Waals surface area (Å²) < 4.78 is 17.8. The Labute approximate surface area is 134 Å². The van der Waals surface area contributed by atoms with E-state index >= 15 is 0 Å². The number of carbonyl (C=O) groups is 2. The number of hydrogen-bond acceptors (Lipinski definition) is 3. The molecule has 0 saturated heterocycles. The van der Waals surface area contributed by atoms with Gasteiger partial charge in [0, 0.05) is 26.6 Å². The maximum absolute atomic E-state index is 12.8. The Morgan fingerprint density at radius 1 is 1.22 bits per heavy atom. The lowest BCUT2D eigenvalue weighted by molar-refractivity contribution is -0.130. The first kappa shape index (κ1) is 16.7. The fourth-order valence-corrected chi connectivity index (χ4v) is 2.08. The van der Waals surface area contributed by atoms with Crippen LogP contribution in [0.3, 0.4) is 0 Å². The first-order chi connectivity index (χ1) is 11.1. The lowest BCUT2D eigenvalue weighted by Crippen LogP contribution is -2.28. The van der Waals surface area contributed by atoms with E-state index in [9.17, 15) is 14.0 Å². The average molecular weight is 318 g/mol. The number of nitrogens with zero attached hydrogens (tertiary/aromatic N) is 1. The van der Waals surface area contributed by atoms with Crippen LogP contribution in [0.1, 0.15) is 29.0 Å². The van der Waals surface area contributed by atoms with Gasteiger partial charge in [-0.05, 0) is 36.2 Å². The molecular formula is C17H19FN2O3. The van der Waals surface area contributed by atoms with E-state index in [4.69, 9.17) is 4.42 Å². The van der Waals surface area contributed by atoms with E-state index in [0.29, 0.717) is 25.9 Å². The lowest BCUT2D eigenvalue weighted by atomic mass is 10.2. The Kier molecular flexibility index (Phi) is 5.91. The predicted octanol–water partition coefficient (Wildman–Crippen LogP) is 2.59. The van der Waals surface area contributed by atoms with Crippen molar-refractivity contribution in [2.45, 2.75) is 19.4 Å². The minimum atomic E-state index is -0.296. The molecule has 6 heteroatoms. The molecule has 1 aromatic carbocycles. The number of halogens is 1. The van der Waals surface area contributed by atoms with E-state index in [1.165, 1.54) is 18.4 Å². The van der Waals surface area contributed by atoms with Gasteiger partial charge in [0.15, 0.2) is 5.76 Å². The van der Waals surface area contributed by atoms with Crippen molar-refractivity contribution in [2.24, 2.45) is 0 Å². The zero-order valence-electron chi connectivity index (χ0n) is 12.9. The van der Waals surface area contributed by atoms with E-state index in [1.54, 1.807) is 36.2 Å². The van der Waals surface area contributed by atoms with Gasteiger partial charge in [0.2, 0.25) is 5.91 Å². The molecule has 1 N–H and O–H groups in total. The van der Waals surface area contributed by atoms with Gasteiger partial charge in [0.25, 0.3) is 5.91 Å². The van der Waals surface area contributed by atoms with Gasteiger partial charge in [-0.1, -0.05) is 12.1 Å². The summed E-state index contributed by atoms with van der Waals surface area (Å²) in [6.45, 7) is 0.827. The van der Waals surface area contributed by atoms with Gasteiger partial charge in [-0.2, -0.15) is 0 Å². The van der Waals surface area contributed by atoms with Crippen molar-refractivity contribution in [2.75, 3.05) is 13.6 Å². The van der Waals surface area contributed by atoms with Crippen LogP contribution >= 0.6 is 0 Å². The molecule has 0 aliphatic heterocycles. The van der Waals surface area contributed by atoms with Crippen LogP contribution < -0.4 is 5.32 Å². The molecule has 2 aromatic rings. The number of hydrogen-bond donors (Lipinski definition) is 1. The van der Waals surface area contributed by atoms with Crippen LogP contribution in [0.4, 0.5) is 4.39 Å². The smallest absolute Gasteiger partial charge is 0.286 e. The van der Waals surface area contributed by atoms with Crippen molar-refractivity contribution >= 4 is 11.8 Å². The molecule has 0 aliphatic rings. The summed E-state index contributed by atoms with van der Waals surface area (Å²) in [5.74, 6) is -0.358. The molecule has 1 aromatic heterocycles. The van der Waals surface area contributed by atoms with Crippen molar-refractivity contribution < 1.29 is 18.4 Å². The molecule has 0 spiro atoms. The molecular weight excluding hydrogens is 299 g/mol. The summed E-state index contributed by atoms with van der Waals surface area (Å²) in [5, 5.41) is 2.69. The number of rotatable bonds is 7. The van der Waals surface area contributed by atoms with Gasteiger partial charge in [-0.3, -0.25) is 9.59 Å². The Hall–Kier alpha value is -2.63. The molecule has 0 aliphatic carbocycles. The Morgan fingerprint density at radius 2 is 1.96 bits per heavy atom. The second kappa shape index (κ2) is 8.12. The standard InChI is InChI=1S/C17H19FN2O3/c1-20(12-13-6-8-14(18)9-7-13)16(21)5-2-10-19-17(22)15-4-3-11-23-15/h3-4,6-9,11H,2,5,10,12H2,1H3,(H,19,22). The summed E-state index contributed by atoms with van der Waals surface area (Å²) >= 11 is 0. The van der Waals surface area contributed by atoms with E-state index in [1.807, 2.05) is 0 Å². The molecule has 5 nitrogen and oxygen atoms in total. The highest BCUT2D eigenvalue weighted by Gasteiger charge is 2.11. The van der Waals surface area contributed by atoms with Crippen molar-refractivity contribution in [3.63, 3.8) is 0 Å². The number of benzene rings is 1. The normalized spacial score (nSPS) is 10.3. The molecule has 1 heterocycles. The number of amides is 2. The summed E-state index contributed by atoms with van der Waals surface area (Å²) in [5.41, 5.74) is 0.869. The number of carbonyl (C=O) groups excluding carboxylic acids is 2. The van der Waals surface area contributed by atoms with E-state index in [0.717, 1.165) is 5.56 Å². The molecule has 0 saturated carbocycles. The zero-order valence-corrected chi connectivity index (χ0v) is 12.9. The molecule has 2 amide bonds. The molecule has 2 rings (SSSR count). The lowest BCUT2D eigenvalue weighted by Gasteiger charge is -2.17. The van der Waals surface area contributed by atoms with E-state index in [2.05, 4.69) is 5.32 Å². The van der Waals surface area contributed by atoms with Crippen LogP contribution in [0.25, 0.3) is 0 Å². The highest BCUT2D eigenvalue weighted by Crippen LogP contribution is 2.07. The third-order valence-corrected chi connectivity index (χ3v) is 3.36. The first-order valence-electron chi connectivity index (χ1n) is 7.36. The predicted molar refractivity (Wildman–Crippen MR) is 83.1 cm³/mol. The minimum Gasteiger partial charge on any atom is -0.459 e. The highest BCUT2D eigenvalue weighted by atomic mass is 19.1. The van der Waals surface area contributed by atoms with Gasteiger partial charge in [0.1, 0.15) is 5.82 Å². The topological polar surface area (TPSA) is 62.6 Å². The van der Waals surface area contributed by atoms with Gasteiger partial charge in [-0.15, -0.1) is 0 Å². The third kappa shape index (κ3) is 5.25. The molecule has 23 heavy (non-hydrogen) atoms. The fraction of sp³-hybridized carbons (Fsp3) is 0.294. The third-order valence-electron chi connectivity index (χ3n) is 3.36. The van der Waals surface area contributed by atoms with Crippen LogP contribution in [-0.2, 0) is 11.3 Å². The monoisotopic (exact) mass is 318 g/mol. The fourth-order valence-electron chi connectivity index (χ4n) is 2.08. The zero-order chi connectivity index (χ0) is 16.7. The summed E-state index contributed by atoms with van der Waals surface area (Å²) in [4.78, 5) is 25.2. The largest absolute Gasteiger partial charge is 0.459 e. The molecule has 0 unspecified atom stereocenters. The summed E-state index contributed by atoms with van der Waals surface area (Å²) in [7, 11) is 1.70. The van der Waals surface area contributed by atoms with Crippen molar-refractivity contribution in [1.82, 2.24) is 10.2 Å². The van der Waals surface area contributed by atoms with Gasteiger partial charge >= 0.3 is 0 Å². The quantitative estimate of drug-likeness (QED) is 0.798. The Balaban J connectivity index is 1.67. The van der Waals surface area contributed by atoms with E-state index < -0.39 is 0 Å². The molecule has 0 bridgehead atoms. The highest BCUT2D eigenvalue weighted by molar-refractivity contribution is 5.91. The van der Waals surface area contributed by atoms with E-state index in [-0.39, 0.29) is 23.4 Å². The summed E-state index contributed by atoms with van der Waals surface area (Å²) in [6, 6.07) is 9.28. The minimum absolute atomic E-state index is 0.0263. The van der Waals surface area contributed by atoms with Crippen molar-refractivity contribution in [3.8, 4) is 0 Å². The Morgan fingerprint density at radius 3 is 2.61 bits per heavy atom. The van der Waals surface area contributed by atoms with Crippen LogP contribution in [0.2, 0.25) is 0 Å². The molecule has 122 valence electrons. The Bertz CT molecular complexity index is 638. The maximum atomic E-state index is 12.8. The summed E-state index contributed by atoms with van der Waals surface area (Å²) in [6.07, 6.45) is 2.30. The molecule has 0 fully saturated rings. The SMILES string of the molecule is CN(Cc1ccc(F)cc1)C(=O)CCCNC(=O)c1ccco1. The van der Waals surface area contributed by atoms with Gasteiger partial charge < -0.3 is 14.6 Å².